The fourth-order valence-electron chi connectivity index (χ4n) is 4.45. The van der Waals surface area contributed by atoms with Crippen LogP contribution in [-0.2, 0) is 23.4 Å². The number of para-hydroxylation sites is 1. The number of hydrogen-bond donors (Lipinski definition) is 4. The Hall–Kier alpha value is -3.13. The van der Waals surface area contributed by atoms with Gasteiger partial charge in [0.15, 0.2) is 5.82 Å². The Morgan fingerprint density at radius 2 is 1.95 bits per heavy atom. The molecule has 6 atom stereocenters. The zero-order chi connectivity index (χ0) is 29.8. The van der Waals surface area contributed by atoms with Crippen molar-refractivity contribution in [2.45, 2.75) is 63.8 Å². The average molecular weight is 596 g/mol. The van der Waals surface area contributed by atoms with Gasteiger partial charge in [0.25, 0.3) is 0 Å². The molecule has 0 amide bonds. The van der Waals surface area contributed by atoms with Gasteiger partial charge < -0.3 is 29.9 Å². The number of fused-ring (bicyclic) bond motifs is 1. The van der Waals surface area contributed by atoms with Gasteiger partial charge in [-0.15, -0.1) is 0 Å². The largest absolute Gasteiger partial charge is 0.464 e. The highest BCUT2D eigenvalue weighted by Gasteiger charge is 2.60. The fourth-order valence-corrected chi connectivity index (χ4v) is 6.18. The van der Waals surface area contributed by atoms with E-state index in [-0.39, 0.29) is 29.8 Å². The van der Waals surface area contributed by atoms with Gasteiger partial charge in [0.2, 0.25) is 5.79 Å². The van der Waals surface area contributed by atoms with E-state index in [0.717, 1.165) is 12.8 Å². The van der Waals surface area contributed by atoms with E-state index >= 15 is 0 Å². The number of nitrogens with one attached hydrogen (secondary N) is 1. The zero-order valence-electron chi connectivity index (χ0n) is 22.9. The standard InChI is InChI=1S/C26H35FN5O8P/c1-4-17(5-2)13-37-25(35)16(3)31-41(36,39-18-9-7-6-8-10-18)40-26(14-27)23(34)21(33)22(38-26)19-11-12-20-24(28)29-15-30-32(19)20/h6-12,15-17,21-23,33-34H,4-5,13-14H2,1-3H3,(H,31,36)(H2,28,29,30)/t16-,21-,22-,23-,26+,41?/m0/s1. The first-order chi connectivity index (χ1) is 19.6. The highest BCUT2D eigenvalue weighted by molar-refractivity contribution is 7.52. The summed E-state index contributed by atoms with van der Waals surface area (Å²) in [6.07, 6.45) is -2.38. The van der Waals surface area contributed by atoms with Crippen molar-refractivity contribution < 1.29 is 42.5 Å². The molecule has 1 unspecified atom stereocenters. The first-order valence-electron chi connectivity index (χ1n) is 13.2. The molecular weight excluding hydrogens is 560 g/mol. The molecule has 15 heteroatoms. The Bertz CT molecular complexity index is 1380. The molecule has 0 bridgehead atoms. The Balaban J connectivity index is 1.62. The van der Waals surface area contributed by atoms with Gasteiger partial charge in [-0.1, -0.05) is 44.9 Å². The topological polar surface area (TPSA) is 180 Å². The van der Waals surface area contributed by atoms with Crippen molar-refractivity contribution in [1.29, 1.82) is 0 Å². The number of halogens is 1. The number of anilines is 1. The van der Waals surface area contributed by atoms with Gasteiger partial charge in [0.1, 0.15) is 48.6 Å². The van der Waals surface area contributed by atoms with E-state index in [9.17, 15) is 24.0 Å². The van der Waals surface area contributed by atoms with E-state index in [0.29, 0.717) is 5.52 Å². The summed E-state index contributed by atoms with van der Waals surface area (Å²) in [5.41, 5.74) is 6.46. The first kappa shape index (κ1) is 30.8. The summed E-state index contributed by atoms with van der Waals surface area (Å²) in [7, 11) is -4.71. The molecule has 0 saturated carbocycles. The van der Waals surface area contributed by atoms with Gasteiger partial charge in [-0.3, -0.25) is 4.79 Å². The predicted octanol–water partition coefficient (Wildman–Crippen LogP) is 2.93. The summed E-state index contributed by atoms with van der Waals surface area (Å²) >= 11 is 0. The van der Waals surface area contributed by atoms with Crippen LogP contribution in [0.1, 0.15) is 45.4 Å². The van der Waals surface area contributed by atoms with Crippen molar-refractivity contribution >= 4 is 25.1 Å². The molecule has 2 aromatic heterocycles. The number of aliphatic hydroxyl groups excluding tert-OH is 2. The van der Waals surface area contributed by atoms with Gasteiger partial charge in [-0.25, -0.2) is 23.0 Å². The van der Waals surface area contributed by atoms with Crippen LogP contribution in [0.25, 0.3) is 5.52 Å². The molecule has 5 N–H and O–H groups in total. The molecule has 41 heavy (non-hydrogen) atoms. The Kier molecular flexibility index (Phi) is 9.62. The SMILES string of the molecule is CCC(CC)COC(=O)[C@H](C)NP(=O)(Oc1ccccc1)O[C@@]1(CF)O[C@@H](c2ccc3c(N)ncnn23)[C@H](O)[C@@H]1O. The minimum Gasteiger partial charge on any atom is -0.464 e. The number of hydrogen-bond acceptors (Lipinski definition) is 11. The molecule has 1 aliphatic rings. The lowest BCUT2D eigenvalue weighted by Gasteiger charge is -2.33. The second-order valence-electron chi connectivity index (χ2n) is 9.78. The van der Waals surface area contributed by atoms with Crippen LogP contribution < -0.4 is 15.3 Å². The number of nitrogen functional groups attached to an aromatic ring is 1. The van der Waals surface area contributed by atoms with Crippen molar-refractivity contribution in [3.8, 4) is 5.75 Å². The third-order valence-electron chi connectivity index (χ3n) is 6.96. The van der Waals surface area contributed by atoms with E-state index in [1.807, 2.05) is 13.8 Å². The van der Waals surface area contributed by atoms with E-state index in [2.05, 4.69) is 15.2 Å². The Labute approximate surface area is 236 Å². The quantitative estimate of drug-likeness (QED) is 0.168. The number of alkyl halides is 1. The molecule has 0 aliphatic carbocycles. The number of nitrogens with two attached hydrogens (primary N) is 1. The smallest absolute Gasteiger partial charge is 0.462 e. The van der Waals surface area contributed by atoms with Crippen LogP contribution in [0.5, 0.6) is 5.75 Å². The van der Waals surface area contributed by atoms with Crippen molar-refractivity contribution in [3.63, 3.8) is 0 Å². The number of ether oxygens (including phenoxy) is 2. The monoisotopic (exact) mass is 595 g/mol. The minimum absolute atomic E-state index is 0.0595. The number of esters is 1. The molecule has 1 aromatic carbocycles. The Morgan fingerprint density at radius 1 is 1.24 bits per heavy atom. The molecule has 3 heterocycles. The second-order valence-corrected chi connectivity index (χ2v) is 11.4. The molecule has 3 aromatic rings. The van der Waals surface area contributed by atoms with Crippen LogP contribution in [0.3, 0.4) is 0 Å². The maximum absolute atomic E-state index is 14.8. The normalized spacial score (nSPS) is 24.8. The fraction of sp³-hybridized carbons (Fsp3) is 0.500. The van der Waals surface area contributed by atoms with Gasteiger partial charge >= 0.3 is 13.7 Å². The van der Waals surface area contributed by atoms with Crippen molar-refractivity contribution in [2.75, 3.05) is 19.0 Å². The lowest BCUT2D eigenvalue weighted by atomic mass is 10.0. The van der Waals surface area contributed by atoms with Gasteiger partial charge in [-0.2, -0.15) is 10.2 Å². The van der Waals surface area contributed by atoms with Crippen LogP contribution in [0, 0.1) is 5.92 Å². The number of rotatable bonds is 13. The van der Waals surface area contributed by atoms with Crippen molar-refractivity contribution in [3.05, 3.63) is 54.5 Å². The molecule has 1 saturated heterocycles. The molecule has 224 valence electrons. The summed E-state index contributed by atoms with van der Waals surface area (Å²) < 4.78 is 52.6. The predicted molar refractivity (Wildman–Crippen MR) is 145 cm³/mol. The van der Waals surface area contributed by atoms with Gasteiger partial charge in [-0.05, 0) is 37.1 Å². The number of aliphatic hydroxyl groups is 2. The maximum Gasteiger partial charge on any atom is 0.462 e. The third-order valence-corrected chi connectivity index (χ3v) is 8.67. The summed E-state index contributed by atoms with van der Waals surface area (Å²) in [4.78, 5) is 16.6. The highest BCUT2D eigenvalue weighted by atomic mass is 31.2. The molecular formula is C26H35FN5O8P. The number of nitrogens with zero attached hydrogens (tertiary/aromatic N) is 3. The van der Waals surface area contributed by atoms with Gasteiger partial charge in [0, 0.05) is 0 Å². The Morgan fingerprint density at radius 3 is 2.61 bits per heavy atom. The number of carbonyl (C=O) groups is 1. The summed E-state index contributed by atoms with van der Waals surface area (Å²) in [5.74, 6) is -3.06. The maximum atomic E-state index is 14.8. The molecule has 13 nitrogen and oxygen atoms in total. The average Bonchev–Trinajstić information content (AvgIpc) is 3.49. The van der Waals surface area contributed by atoms with E-state index in [1.54, 1.807) is 24.3 Å². The van der Waals surface area contributed by atoms with Crippen molar-refractivity contribution in [2.24, 2.45) is 5.92 Å². The third kappa shape index (κ3) is 6.53. The molecule has 0 radical (unpaired) electrons. The molecule has 1 aliphatic heterocycles. The first-order valence-corrected chi connectivity index (χ1v) is 14.8. The highest BCUT2D eigenvalue weighted by Crippen LogP contribution is 2.54. The number of aromatic nitrogens is 3. The zero-order valence-corrected chi connectivity index (χ0v) is 23.8. The van der Waals surface area contributed by atoms with Crippen LogP contribution in [-0.4, -0.2) is 68.1 Å². The van der Waals surface area contributed by atoms with Crippen LogP contribution >= 0.6 is 7.75 Å². The van der Waals surface area contributed by atoms with Crippen molar-refractivity contribution in [1.82, 2.24) is 19.7 Å². The van der Waals surface area contributed by atoms with E-state index in [1.165, 1.54) is 36.0 Å². The summed E-state index contributed by atoms with van der Waals surface area (Å²) in [6.45, 7) is 3.94. The van der Waals surface area contributed by atoms with Crippen LogP contribution in [0.15, 0.2) is 48.8 Å². The van der Waals surface area contributed by atoms with Crippen LogP contribution in [0.2, 0.25) is 0 Å². The molecule has 0 spiro atoms. The second kappa shape index (κ2) is 12.8. The summed E-state index contributed by atoms with van der Waals surface area (Å²) in [6, 6.07) is 9.66. The lowest BCUT2D eigenvalue weighted by molar-refractivity contribution is -0.222. The number of carbonyl (C=O) groups excluding carboxylic acids is 1. The van der Waals surface area contributed by atoms with Crippen LogP contribution in [0.4, 0.5) is 10.2 Å². The minimum atomic E-state index is -4.71. The lowest BCUT2D eigenvalue weighted by Crippen LogP contribution is -2.49. The molecule has 4 rings (SSSR count). The van der Waals surface area contributed by atoms with Gasteiger partial charge in [0.05, 0.1) is 12.3 Å². The molecule has 1 fully saturated rings. The van der Waals surface area contributed by atoms with E-state index < -0.39 is 50.5 Å². The number of benzene rings is 1. The van der Waals surface area contributed by atoms with E-state index in [4.69, 9.17) is 24.3 Å². The summed E-state index contributed by atoms with van der Waals surface area (Å²) in [5, 5.41) is 28.4.